The van der Waals surface area contributed by atoms with E-state index in [1.165, 1.54) is 11.9 Å². The summed E-state index contributed by atoms with van der Waals surface area (Å²) in [6, 6.07) is 19.4. The molecule has 33 heavy (non-hydrogen) atoms. The lowest BCUT2D eigenvalue weighted by Gasteiger charge is -2.35. The summed E-state index contributed by atoms with van der Waals surface area (Å²) >= 11 is 0. The lowest BCUT2D eigenvalue weighted by Crippen LogP contribution is -2.46. The highest BCUT2D eigenvalue weighted by Crippen LogP contribution is 2.20. The maximum atomic E-state index is 12.6. The topological polar surface area (TPSA) is 79.8 Å². The molecule has 4 rings (SSSR count). The van der Waals surface area contributed by atoms with E-state index in [4.69, 9.17) is 9.47 Å². The van der Waals surface area contributed by atoms with Gasteiger partial charge in [0.2, 0.25) is 0 Å². The highest BCUT2D eigenvalue weighted by molar-refractivity contribution is 5.93. The molecule has 0 saturated carbocycles. The van der Waals surface area contributed by atoms with Crippen molar-refractivity contribution in [3.63, 3.8) is 0 Å². The second kappa shape index (κ2) is 10.8. The van der Waals surface area contributed by atoms with Gasteiger partial charge in [-0.3, -0.25) is 9.69 Å². The van der Waals surface area contributed by atoms with E-state index in [1.54, 1.807) is 38.3 Å². The summed E-state index contributed by atoms with van der Waals surface area (Å²) in [4.78, 5) is 25.9. The number of amides is 1. The largest absolute Gasteiger partial charge is 0.497 e. The van der Waals surface area contributed by atoms with E-state index in [9.17, 15) is 4.79 Å². The van der Waals surface area contributed by atoms with Crippen LogP contribution in [0.5, 0.6) is 11.5 Å². The third-order valence-corrected chi connectivity index (χ3v) is 5.59. The van der Waals surface area contributed by atoms with Crippen molar-refractivity contribution in [2.75, 3.05) is 43.5 Å². The second-order valence-corrected chi connectivity index (χ2v) is 7.94. The summed E-state index contributed by atoms with van der Waals surface area (Å²) in [6.45, 7) is 6.29. The number of hydrogen-bond donors (Lipinski definition) is 1. The molecule has 0 radical (unpaired) electrons. The molecule has 1 aliphatic rings. The maximum Gasteiger partial charge on any atom is 0.266 e. The van der Waals surface area contributed by atoms with Crippen LogP contribution in [0.25, 0.3) is 0 Å². The molecule has 8 heteroatoms. The SMILES string of the molecule is COc1ccc(OC(C)C(=O)Nc2cc(N3CCN(Cc4ccccc4)CC3)ncn2)cc1. The van der Waals surface area contributed by atoms with Crippen molar-refractivity contribution in [3.8, 4) is 11.5 Å². The number of methoxy groups -OCH3 is 1. The third kappa shape index (κ3) is 6.20. The molecule has 172 valence electrons. The van der Waals surface area contributed by atoms with Crippen LogP contribution in [0, 0.1) is 0 Å². The van der Waals surface area contributed by atoms with E-state index in [0.717, 1.165) is 44.3 Å². The Morgan fingerprint density at radius 1 is 1.00 bits per heavy atom. The minimum Gasteiger partial charge on any atom is -0.497 e. The molecule has 1 saturated heterocycles. The Balaban J connectivity index is 1.29. The normalized spacial score (nSPS) is 15.0. The number of rotatable bonds is 8. The fourth-order valence-electron chi connectivity index (χ4n) is 3.70. The van der Waals surface area contributed by atoms with Crippen molar-refractivity contribution < 1.29 is 14.3 Å². The molecule has 1 atom stereocenters. The standard InChI is InChI=1S/C25H29N5O3/c1-19(33-22-10-8-21(32-2)9-11-22)25(31)28-23-16-24(27-18-26-23)30-14-12-29(13-15-30)17-20-6-4-3-5-7-20/h3-11,16,18-19H,12-15,17H2,1-2H3,(H,26,27,28,31). The van der Waals surface area contributed by atoms with Gasteiger partial charge in [-0.15, -0.1) is 0 Å². The van der Waals surface area contributed by atoms with Gasteiger partial charge in [-0.25, -0.2) is 9.97 Å². The molecular formula is C25H29N5O3. The number of piperazine rings is 1. The number of carbonyl (C=O) groups excluding carboxylic acids is 1. The van der Waals surface area contributed by atoms with Crippen LogP contribution in [0.1, 0.15) is 12.5 Å². The molecule has 1 amide bonds. The predicted molar refractivity (Wildman–Crippen MR) is 128 cm³/mol. The Bertz CT molecular complexity index is 1040. The first-order valence-corrected chi connectivity index (χ1v) is 11.1. The van der Waals surface area contributed by atoms with Crippen molar-refractivity contribution >= 4 is 17.5 Å². The fraction of sp³-hybridized carbons (Fsp3) is 0.320. The van der Waals surface area contributed by atoms with Crippen LogP contribution in [-0.2, 0) is 11.3 Å². The molecule has 1 fully saturated rings. The first-order chi connectivity index (χ1) is 16.1. The third-order valence-electron chi connectivity index (χ3n) is 5.59. The molecular weight excluding hydrogens is 418 g/mol. The quantitative estimate of drug-likeness (QED) is 0.568. The van der Waals surface area contributed by atoms with Gasteiger partial charge in [0.25, 0.3) is 5.91 Å². The Hall–Kier alpha value is -3.65. The lowest BCUT2D eigenvalue weighted by molar-refractivity contribution is -0.122. The Morgan fingerprint density at radius 3 is 2.39 bits per heavy atom. The van der Waals surface area contributed by atoms with Gasteiger partial charge < -0.3 is 19.7 Å². The maximum absolute atomic E-state index is 12.6. The number of aromatic nitrogens is 2. The van der Waals surface area contributed by atoms with Crippen molar-refractivity contribution in [3.05, 3.63) is 72.6 Å². The summed E-state index contributed by atoms with van der Waals surface area (Å²) in [5.41, 5.74) is 1.32. The van der Waals surface area contributed by atoms with Gasteiger partial charge in [-0.05, 0) is 36.8 Å². The highest BCUT2D eigenvalue weighted by Gasteiger charge is 2.20. The predicted octanol–water partition coefficient (Wildman–Crippen LogP) is 3.21. The number of benzene rings is 2. The van der Waals surface area contributed by atoms with Crippen LogP contribution in [0.15, 0.2) is 67.0 Å². The van der Waals surface area contributed by atoms with Crippen LogP contribution >= 0.6 is 0 Å². The molecule has 0 bridgehead atoms. The molecule has 2 aromatic carbocycles. The van der Waals surface area contributed by atoms with Crippen molar-refractivity contribution in [1.82, 2.24) is 14.9 Å². The van der Waals surface area contributed by atoms with Crippen LogP contribution in [0.2, 0.25) is 0 Å². The van der Waals surface area contributed by atoms with Gasteiger partial charge >= 0.3 is 0 Å². The van der Waals surface area contributed by atoms with Gasteiger partial charge in [0, 0.05) is 38.8 Å². The number of nitrogens with zero attached hydrogens (tertiary/aromatic N) is 4. The minimum atomic E-state index is -0.682. The van der Waals surface area contributed by atoms with Gasteiger partial charge in [-0.2, -0.15) is 0 Å². The molecule has 0 aliphatic carbocycles. The average Bonchev–Trinajstić information content (AvgIpc) is 2.86. The number of hydrogen-bond acceptors (Lipinski definition) is 7. The Morgan fingerprint density at radius 2 is 1.70 bits per heavy atom. The van der Waals surface area contributed by atoms with Crippen molar-refractivity contribution in [1.29, 1.82) is 0 Å². The zero-order valence-electron chi connectivity index (χ0n) is 19.0. The summed E-state index contributed by atoms with van der Waals surface area (Å²) in [5.74, 6) is 2.32. The summed E-state index contributed by atoms with van der Waals surface area (Å²) in [5, 5.41) is 2.83. The number of anilines is 2. The molecule has 1 unspecified atom stereocenters. The molecule has 1 aliphatic heterocycles. The summed E-state index contributed by atoms with van der Waals surface area (Å²) in [6.07, 6.45) is 0.800. The van der Waals surface area contributed by atoms with E-state index >= 15 is 0 Å². The number of nitrogens with one attached hydrogen (secondary N) is 1. The first-order valence-electron chi connectivity index (χ1n) is 11.1. The van der Waals surface area contributed by atoms with E-state index < -0.39 is 6.10 Å². The second-order valence-electron chi connectivity index (χ2n) is 7.94. The van der Waals surface area contributed by atoms with Crippen LogP contribution < -0.4 is 19.7 Å². The number of ether oxygens (including phenoxy) is 2. The fourth-order valence-corrected chi connectivity index (χ4v) is 3.70. The molecule has 0 spiro atoms. The highest BCUT2D eigenvalue weighted by atomic mass is 16.5. The number of carbonyl (C=O) groups is 1. The Labute approximate surface area is 194 Å². The average molecular weight is 448 g/mol. The summed E-state index contributed by atoms with van der Waals surface area (Å²) < 4.78 is 10.9. The molecule has 1 aromatic heterocycles. The van der Waals surface area contributed by atoms with Crippen LogP contribution in [-0.4, -0.2) is 60.2 Å². The van der Waals surface area contributed by atoms with Gasteiger partial charge in [-0.1, -0.05) is 30.3 Å². The minimum absolute atomic E-state index is 0.275. The lowest BCUT2D eigenvalue weighted by atomic mass is 10.2. The van der Waals surface area contributed by atoms with Gasteiger partial charge in [0.1, 0.15) is 29.5 Å². The monoisotopic (exact) mass is 447 g/mol. The van der Waals surface area contributed by atoms with Crippen LogP contribution in [0.3, 0.4) is 0 Å². The van der Waals surface area contributed by atoms with Gasteiger partial charge in [0.15, 0.2) is 6.10 Å². The zero-order chi connectivity index (χ0) is 23.0. The smallest absolute Gasteiger partial charge is 0.266 e. The van der Waals surface area contributed by atoms with E-state index in [2.05, 4.69) is 49.4 Å². The van der Waals surface area contributed by atoms with E-state index in [-0.39, 0.29) is 5.91 Å². The molecule has 1 N–H and O–H groups in total. The van der Waals surface area contributed by atoms with Gasteiger partial charge in [0.05, 0.1) is 7.11 Å². The van der Waals surface area contributed by atoms with Crippen molar-refractivity contribution in [2.45, 2.75) is 19.6 Å². The molecule has 2 heterocycles. The molecule has 3 aromatic rings. The van der Waals surface area contributed by atoms with Crippen LogP contribution in [0.4, 0.5) is 11.6 Å². The first kappa shape index (κ1) is 22.5. The Kier molecular flexibility index (Phi) is 7.36. The van der Waals surface area contributed by atoms with E-state index in [0.29, 0.717) is 11.6 Å². The zero-order valence-corrected chi connectivity index (χ0v) is 19.0. The molecule has 8 nitrogen and oxygen atoms in total. The van der Waals surface area contributed by atoms with E-state index in [1.807, 2.05) is 12.1 Å². The van der Waals surface area contributed by atoms with Crippen molar-refractivity contribution in [2.24, 2.45) is 0 Å². The summed E-state index contributed by atoms with van der Waals surface area (Å²) in [7, 11) is 1.60.